The van der Waals surface area contributed by atoms with Gasteiger partial charge in [0, 0.05) is 6.07 Å². The minimum Gasteiger partial charge on any atom is -0.297 e. The van der Waals surface area contributed by atoms with E-state index >= 15 is 0 Å². The molecule has 1 aromatic carbocycles. The molecule has 0 radical (unpaired) electrons. The Morgan fingerprint density at radius 1 is 1.24 bits per heavy atom. The number of nitrogens with zero attached hydrogens (tertiary/aromatic N) is 3. The van der Waals surface area contributed by atoms with E-state index in [1.54, 1.807) is 0 Å². The molecule has 0 atom stereocenters. The van der Waals surface area contributed by atoms with E-state index < -0.39 is 21.2 Å². The number of hydrogen-bond acceptors (Lipinski definition) is 7. The number of carbonyl (C=O) groups excluding carboxylic acids is 1. The highest BCUT2D eigenvalue weighted by Crippen LogP contribution is 2.28. The zero-order valence-electron chi connectivity index (χ0n) is 8.27. The molecule has 1 rings (SSSR count). The van der Waals surface area contributed by atoms with Gasteiger partial charge in [-0.1, -0.05) is 0 Å². The van der Waals surface area contributed by atoms with Crippen molar-refractivity contribution < 1.29 is 14.6 Å². The molecule has 0 saturated carbocycles. The van der Waals surface area contributed by atoms with E-state index in [1.165, 1.54) is 0 Å². The molecular weight excluding hydrogens is 232 g/mol. The zero-order chi connectivity index (χ0) is 12.8. The fourth-order valence-corrected chi connectivity index (χ4v) is 1.02. The number of nitro groups is 2. The third-order valence-electron chi connectivity index (χ3n) is 1.71. The molecule has 17 heavy (non-hydrogen) atoms. The smallest absolute Gasteiger partial charge is 0.297 e. The van der Waals surface area contributed by atoms with Gasteiger partial charge in [-0.25, -0.2) is 0 Å². The van der Waals surface area contributed by atoms with Crippen LogP contribution in [0.4, 0.5) is 17.1 Å². The molecule has 0 amide bonds. The molecule has 0 spiro atoms. The normalized spacial score (nSPS) is 10.1. The van der Waals surface area contributed by atoms with E-state index in [0.717, 1.165) is 24.4 Å². The summed E-state index contributed by atoms with van der Waals surface area (Å²) in [6, 6.07) is 3.03. The average molecular weight is 238 g/mol. The van der Waals surface area contributed by atoms with Gasteiger partial charge < -0.3 is 0 Å². The van der Waals surface area contributed by atoms with E-state index in [0.29, 0.717) is 6.29 Å². The number of nitrogens with one attached hydrogen (secondary N) is 1. The van der Waals surface area contributed by atoms with Crippen molar-refractivity contribution >= 4 is 29.6 Å². The van der Waals surface area contributed by atoms with Crippen molar-refractivity contribution in [3.8, 4) is 0 Å². The van der Waals surface area contributed by atoms with Gasteiger partial charge in [0.2, 0.25) is 0 Å². The van der Waals surface area contributed by atoms with Crippen LogP contribution in [-0.2, 0) is 4.79 Å². The summed E-state index contributed by atoms with van der Waals surface area (Å²) in [5, 5.41) is 24.4. The van der Waals surface area contributed by atoms with Gasteiger partial charge in [-0.2, -0.15) is 5.10 Å². The number of hydrogen-bond donors (Lipinski definition) is 1. The fourth-order valence-electron chi connectivity index (χ4n) is 1.02. The van der Waals surface area contributed by atoms with Crippen LogP contribution in [0.25, 0.3) is 0 Å². The van der Waals surface area contributed by atoms with Crippen LogP contribution < -0.4 is 5.43 Å². The number of anilines is 1. The summed E-state index contributed by atoms with van der Waals surface area (Å²) in [5.41, 5.74) is 1.29. The predicted molar refractivity (Wildman–Crippen MR) is 57.9 cm³/mol. The van der Waals surface area contributed by atoms with Crippen molar-refractivity contribution in [2.45, 2.75) is 0 Å². The van der Waals surface area contributed by atoms with Gasteiger partial charge in [-0.3, -0.25) is 30.4 Å². The summed E-state index contributed by atoms with van der Waals surface area (Å²) < 4.78 is 0. The minimum absolute atomic E-state index is 0.0429. The van der Waals surface area contributed by atoms with Crippen molar-refractivity contribution in [3.05, 3.63) is 38.4 Å². The number of non-ortho nitro benzene ring substituents is 1. The van der Waals surface area contributed by atoms with Crippen LogP contribution >= 0.6 is 0 Å². The Bertz CT molecular complexity index is 499. The first-order chi connectivity index (χ1) is 8.06. The first-order valence-corrected chi connectivity index (χ1v) is 4.22. The van der Waals surface area contributed by atoms with E-state index in [1.807, 2.05) is 0 Å². The summed E-state index contributed by atoms with van der Waals surface area (Å²) in [5.74, 6) is 0. The van der Waals surface area contributed by atoms with Crippen LogP contribution in [0.5, 0.6) is 0 Å². The third kappa shape index (κ3) is 3.06. The van der Waals surface area contributed by atoms with Gasteiger partial charge in [-0.15, -0.1) is 0 Å². The molecular formula is C8H6N4O5. The van der Waals surface area contributed by atoms with Crippen LogP contribution in [0.1, 0.15) is 0 Å². The quantitative estimate of drug-likeness (QED) is 0.354. The van der Waals surface area contributed by atoms with Crippen LogP contribution in [0.3, 0.4) is 0 Å². The van der Waals surface area contributed by atoms with Gasteiger partial charge in [0.25, 0.3) is 5.69 Å². The fraction of sp³-hybridized carbons (Fsp3) is 0. The van der Waals surface area contributed by atoms with Crippen molar-refractivity contribution in [2.24, 2.45) is 5.10 Å². The topological polar surface area (TPSA) is 128 Å². The highest BCUT2D eigenvalue weighted by atomic mass is 16.6. The highest BCUT2D eigenvalue weighted by molar-refractivity contribution is 6.13. The summed E-state index contributed by atoms with van der Waals surface area (Å²) in [4.78, 5) is 29.5. The van der Waals surface area contributed by atoms with Crippen LogP contribution in [0.2, 0.25) is 0 Å². The molecule has 88 valence electrons. The number of benzene rings is 1. The number of hydrazone groups is 1. The Labute approximate surface area is 94.0 Å². The lowest BCUT2D eigenvalue weighted by molar-refractivity contribution is -0.393. The molecule has 1 N–H and O–H groups in total. The number of rotatable bonds is 5. The first kappa shape index (κ1) is 12.2. The van der Waals surface area contributed by atoms with Gasteiger partial charge in [0.05, 0.1) is 22.1 Å². The third-order valence-corrected chi connectivity index (χ3v) is 1.71. The molecule has 1 aromatic rings. The second kappa shape index (κ2) is 5.30. The minimum atomic E-state index is -0.786. The molecule has 9 nitrogen and oxygen atoms in total. The van der Waals surface area contributed by atoms with E-state index in [-0.39, 0.29) is 5.69 Å². The second-order valence-electron chi connectivity index (χ2n) is 2.74. The molecule has 0 aliphatic carbocycles. The Kier molecular flexibility index (Phi) is 3.81. The Balaban J connectivity index is 3.12. The van der Waals surface area contributed by atoms with Crippen LogP contribution in [0.15, 0.2) is 23.3 Å². The summed E-state index contributed by atoms with van der Waals surface area (Å²) in [7, 11) is 0. The summed E-state index contributed by atoms with van der Waals surface area (Å²) >= 11 is 0. The van der Waals surface area contributed by atoms with E-state index in [9.17, 15) is 25.0 Å². The number of carbonyl (C=O) groups is 1. The maximum absolute atomic E-state index is 10.7. The molecule has 0 aliphatic rings. The molecule has 0 aliphatic heterocycles. The van der Waals surface area contributed by atoms with Crippen molar-refractivity contribution in [1.29, 1.82) is 0 Å². The monoisotopic (exact) mass is 238 g/mol. The largest absolute Gasteiger partial charge is 0.301 e. The summed E-state index contributed by atoms with van der Waals surface area (Å²) in [6.45, 7) is 0. The zero-order valence-corrected chi connectivity index (χ0v) is 8.27. The maximum Gasteiger partial charge on any atom is 0.301 e. The van der Waals surface area contributed by atoms with Gasteiger partial charge in [0.1, 0.15) is 5.69 Å². The van der Waals surface area contributed by atoms with Gasteiger partial charge in [-0.05, 0) is 6.07 Å². The Hall–Kier alpha value is -2.84. The molecule has 0 heterocycles. The van der Waals surface area contributed by atoms with Crippen molar-refractivity contribution in [2.75, 3.05) is 5.43 Å². The lowest BCUT2D eigenvalue weighted by atomic mass is 10.2. The van der Waals surface area contributed by atoms with Gasteiger partial charge in [0.15, 0.2) is 6.29 Å². The molecule has 0 unspecified atom stereocenters. The molecule has 9 heteroatoms. The molecule has 0 fully saturated rings. The van der Waals surface area contributed by atoms with Gasteiger partial charge >= 0.3 is 5.69 Å². The lowest BCUT2D eigenvalue weighted by Crippen LogP contribution is -1.98. The molecule has 0 saturated heterocycles. The Morgan fingerprint density at radius 2 is 1.94 bits per heavy atom. The number of nitro benzene ring substituents is 2. The number of aldehydes is 1. The Morgan fingerprint density at radius 3 is 2.47 bits per heavy atom. The average Bonchev–Trinajstić information content (AvgIpc) is 2.29. The maximum atomic E-state index is 10.7. The highest BCUT2D eigenvalue weighted by Gasteiger charge is 2.18. The lowest BCUT2D eigenvalue weighted by Gasteiger charge is -2.00. The van der Waals surface area contributed by atoms with Crippen molar-refractivity contribution in [1.82, 2.24) is 0 Å². The first-order valence-electron chi connectivity index (χ1n) is 4.22. The van der Waals surface area contributed by atoms with Crippen LogP contribution in [0, 0.1) is 20.2 Å². The molecule has 0 aromatic heterocycles. The van der Waals surface area contributed by atoms with E-state index in [2.05, 4.69) is 10.5 Å². The SMILES string of the molecule is O=CC=NNc1ccc([N+](=O)[O-])cc1[N+](=O)[O-]. The van der Waals surface area contributed by atoms with Crippen molar-refractivity contribution in [3.63, 3.8) is 0 Å². The molecule has 0 bridgehead atoms. The second-order valence-corrected chi connectivity index (χ2v) is 2.74. The van der Waals surface area contributed by atoms with E-state index in [4.69, 9.17) is 0 Å². The standard InChI is InChI=1S/C8H6N4O5/c13-4-3-9-10-7-2-1-6(11(14)15)5-8(7)12(16)17/h1-5,10H. The van der Waals surface area contributed by atoms with Crippen LogP contribution in [-0.4, -0.2) is 22.3 Å². The predicted octanol–water partition coefficient (Wildman–Crippen LogP) is 1.10. The summed E-state index contributed by atoms with van der Waals surface area (Å²) in [6.07, 6.45) is 1.23.